The largest absolute Gasteiger partial charge is 0.445 e. The lowest BCUT2D eigenvalue weighted by molar-refractivity contribution is 0.00310. The van der Waals surface area contributed by atoms with Crippen LogP contribution in [0, 0.1) is 23.7 Å². The Hall–Kier alpha value is -4.49. The van der Waals surface area contributed by atoms with Crippen LogP contribution in [0.3, 0.4) is 0 Å². The third kappa shape index (κ3) is 9.44. The minimum Gasteiger partial charge on any atom is -0.445 e. The van der Waals surface area contributed by atoms with Gasteiger partial charge in [-0.15, -0.1) is 0 Å². The highest BCUT2D eigenvalue weighted by Crippen LogP contribution is 2.50. The number of carbonyl (C=O) groups is 2. The first-order chi connectivity index (χ1) is 24.7. The second-order valence-corrected chi connectivity index (χ2v) is 14.2. The molecule has 0 bridgehead atoms. The average molecular weight is 700 g/mol. The molecule has 6 N–H and O–H groups in total. The van der Waals surface area contributed by atoms with Crippen molar-refractivity contribution in [2.45, 2.75) is 70.4 Å². The summed E-state index contributed by atoms with van der Waals surface area (Å²) in [5.41, 5.74) is 6.19. The minimum atomic E-state index is -1.14. The Morgan fingerprint density at radius 3 is 2.33 bits per heavy atom. The Morgan fingerprint density at radius 1 is 0.980 bits per heavy atom. The third-order valence-corrected chi connectivity index (χ3v) is 9.94. The van der Waals surface area contributed by atoms with Crippen LogP contribution in [0.15, 0.2) is 83.3 Å². The third-order valence-electron chi connectivity index (χ3n) is 9.94. The van der Waals surface area contributed by atoms with E-state index in [4.69, 9.17) is 9.15 Å². The summed E-state index contributed by atoms with van der Waals surface area (Å²) in [5.74, 6) is -0.214. The van der Waals surface area contributed by atoms with E-state index in [2.05, 4.69) is 21.0 Å². The molecule has 6 rings (SSSR count). The second-order valence-electron chi connectivity index (χ2n) is 14.2. The molecule has 272 valence electrons. The molecule has 0 saturated heterocycles. The van der Waals surface area contributed by atoms with Crippen molar-refractivity contribution in [1.82, 2.24) is 20.7 Å². The summed E-state index contributed by atoms with van der Waals surface area (Å²) >= 11 is 0. The zero-order chi connectivity index (χ0) is 35.9. The molecule has 6 atom stereocenters. The number of hydrazine groups is 1. The summed E-state index contributed by atoms with van der Waals surface area (Å²) in [4.78, 5) is 31.6. The molecule has 12 nitrogen and oxygen atoms in total. The number of alkyl carbamates (subject to hydrolysis) is 1. The van der Waals surface area contributed by atoms with Gasteiger partial charge in [-0.2, -0.15) is 4.98 Å². The molecular weight excluding hydrogens is 650 g/mol. The van der Waals surface area contributed by atoms with E-state index in [9.17, 15) is 24.9 Å². The first kappa shape index (κ1) is 36.3. The van der Waals surface area contributed by atoms with Gasteiger partial charge in [0.2, 0.25) is 0 Å². The number of carbonyl (C=O) groups excluding carboxylic acids is 2. The number of rotatable bonds is 16. The van der Waals surface area contributed by atoms with E-state index in [1.54, 1.807) is 23.2 Å². The zero-order valence-corrected chi connectivity index (χ0v) is 29.2. The molecule has 2 fully saturated rings. The number of oxazole rings is 1. The van der Waals surface area contributed by atoms with Gasteiger partial charge in [0.05, 0.1) is 12.1 Å². The molecule has 2 amide bonds. The molecule has 4 aromatic rings. The number of fused-ring (bicyclic) bond motifs is 1. The minimum absolute atomic E-state index is 0.0290. The highest BCUT2D eigenvalue weighted by molar-refractivity contribution is 5.97. The van der Waals surface area contributed by atoms with Crippen LogP contribution in [0.4, 0.5) is 10.8 Å². The lowest BCUT2D eigenvalue weighted by Crippen LogP contribution is -2.53. The molecule has 1 aromatic heterocycles. The average Bonchev–Trinajstić information content (AvgIpc) is 3.79. The summed E-state index contributed by atoms with van der Waals surface area (Å²) < 4.78 is 11.7. The van der Waals surface area contributed by atoms with Crippen molar-refractivity contribution < 1.29 is 34.1 Å². The number of ether oxygens (including phenoxy) is 1. The Balaban J connectivity index is 1.19. The van der Waals surface area contributed by atoms with Crippen LogP contribution in [0.2, 0.25) is 0 Å². The number of benzene rings is 3. The fraction of sp³-hybridized carbons (Fsp3) is 0.462. The Kier molecular flexibility index (Phi) is 11.9. The van der Waals surface area contributed by atoms with Crippen LogP contribution in [-0.4, -0.2) is 81.4 Å². The topological polar surface area (TPSA) is 169 Å². The van der Waals surface area contributed by atoms with Crippen LogP contribution in [0.1, 0.15) is 54.6 Å². The van der Waals surface area contributed by atoms with Crippen molar-refractivity contribution in [2.75, 3.05) is 25.1 Å². The number of hydrogen-bond acceptors (Lipinski definition) is 10. The van der Waals surface area contributed by atoms with Crippen molar-refractivity contribution in [1.29, 1.82) is 0 Å². The maximum absolute atomic E-state index is 13.6. The SMILES string of the molecule is CC(C)Nc1nc2cc(C(=O)NN(Cc3ccccc3)C[C@@H](O)[C@H](Cc3ccccc3)NC(=O)OC3C(CO)C(C4CC4)C[C@@H]3CO)ccc2o1. The summed E-state index contributed by atoms with van der Waals surface area (Å²) in [5, 5.41) is 39.8. The molecular formula is C39H49N5O7. The van der Waals surface area contributed by atoms with E-state index in [1.165, 1.54) is 0 Å². The quantitative estimate of drug-likeness (QED) is 0.0916. The normalized spacial score (nSPS) is 21.5. The number of anilines is 1. The Morgan fingerprint density at radius 2 is 1.69 bits per heavy atom. The van der Waals surface area contributed by atoms with Crippen molar-refractivity contribution in [3.05, 3.63) is 95.6 Å². The first-order valence-corrected chi connectivity index (χ1v) is 17.9. The monoisotopic (exact) mass is 699 g/mol. The number of nitrogens with one attached hydrogen (secondary N) is 3. The van der Waals surface area contributed by atoms with E-state index >= 15 is 0 Å². The first-order valence-electron chi connectivity index (χ1n) is 17.9. The van der Waals surface area contributed by atoms with E-state index in [0.29, 0.717) is 41.4 Å². The number of hydrogen-bond donors (Lipinski definition) is 6. The van der Waals surface area contributed by atoms with Gasteiger partial charge in [0, 0.05) is 49.7 Å². The van der Waals surface area contributed by atoms with Gasteiger partial charge in [0.25, 0.3) is 11.9 Å². The van der Waals surface area contributed by atoms with Crippen LogP contribution in [0.25, 0.3) is 11.1 Å². The smallest absolute Gasteiger partial charge is 0.407 e. The maximum Gasteiger partial charge on any atom is 0.407 e. The van der Waals surface area contributed by atoms with Gasteiger partial charge >= 0.3 is 6.09 Å². The van der Waals surface area contributed by atoms with Crippen molar-refractivity contribution in [2.24, 2.45) is 23.7 Å². The van der Waals surface area contributed by atoms with Gasteiger partial charge in [-0.3, -0.25) is 10.2 Å². The van der Waals surface area contributed by atoms with Gasteiger partial charge in [-0.05, 0) is 80.7 Å². The van der Waals surface area contributed by atoms with Crippen LogP contribution in [-0.2, 0) is 17.7 Å². The summed E-state index contributed by atoms with van der Waals surface area (Å²) in [6.45, 7) is 3.94. The number of nitrogens with zero attached hydrogens (tertiary/aromatic N) is 2. The predicted molar refractivity (Wildman–Crippen MR) is 192 cm³/mol. The molecule has 0 spiro atoms. The van der Waals surface area contributed by atoms with Crippen molar-refractivity contribution >= 4 is 29.1 Å². The molecule has 0 radical (unpaired) electrons. The number of aromatic nitrogens is 1. The number of amides is 2. The fourth-order valence-corrected chi connectivity index (χ4v) is 7.27. The second kappa shape index (κ2) is 16.7. The molecule has 51 heavy (non-hydrogen) atoms. The van der Waals surface area contributed by atoms with Crippen LogP contribution < -0.4 is 16.1 Å². The number of aliphatic hydroxyl groups excluding tert-OH is 3. The zero-order valence-electron chi connectivity index (χ0n) is 29.2. The lowest BCUT2D eigenvalue weighted by Gasteiger charge is -2.31. The van der Waals surface area contributed by atoms with Crippen molar-refractivity contribution in [3.8, 4) is 0 Å². The molecule has 2 saturated carbocycles. The standard InChI is InChI=1S/C39H49N5O7/c1-24(2)40-38-41-33-19-28(15-16-35(33)50-38)37(48)43-44(20-26-11-7-4-8-12-26)21-34(47)32(17-25-9-5-3-6-10-25)42-39(49)51-36-29(22-45)18-30(27-13-14-27)31(36)23-46/h3-12,15-16,19,24,27,29-32,34,36,45-47H,13-14,17-18,20-23H2,1-2H3,(H,40,41)(H,42,49)(H,43,48)/t29-,30?,31?,32+,34-,36?/m1/s1. The van der Waals surface area contributed by atoms with Crippen LogP contribution in [0.5, 0.6) is 0 Å². The van der Waals surface area contributed by atoms with E-state index in [-0.39, 0.29) is 50.1 Å². The van der Waals surface area contributed by atoms with Gasteiger partial charge in [0.15, 0.2) is 5.58 Å². The Bertz CT molecular complexity index is 1730. The maximum atomic E-state index is 13.6. The molecule has 3 aromatic carbocycles. The van der Waals surface area contributed by atoms with Gasteiger partial charge in [-0.1, -0.05) is 60.7 Å². The predicted octanol–water partition coefficient (Wildman–Crippen LogP) is 4.51. The van der Waals surface area contributed by atoms with Gasteiger partial charge in [-0.25, -0.2) is 9.80 Å². The highest BCUT2D eigenvalue weighted by atomic mass is 16.6. The van der Waals surface area contributed by atoms with Crippen LogP contribution >= 0.6 is 0 Å². The summed E-state index contributed by atoms with van der Waals surface area (Å²) in [6.07, 6.45) is 0.675. The van der Waals surface area contributed by atoms with Gasteiger partial charge in [0.1, 0.15) is 11.6 Å². The molecule has 12 heteroatoms. The van der Waals surface area contributed by atoms with Crippen molar-refractivity contribution in [3.63, 3.8) is 0 Å². The van der Waals surface area contributed by atoms with Gasteiger partial charge < -0.3 is 35.1 Å². The molecule has 0 aliphatic heterocycles. The molecule has 2 aliphatic rings. The fourth-order valence-electron chi connectivity index (χ4n) is 7.27. The summed E-state index contributed by atoms with van der Waals surface area (Å²) in [6, 6.07) is 23.8. The molecule has 2 aliphatic carbocycles. The molecule has 1 heterocycles. The van der Waals surface area contributed by atoms with E-state index in [0.717, 1.165) is 24.0 Å². The lowest BCUT2D eigenvalue weighted by atomic mass is 9.91. The Labute approximate surface area is 298 Å². The number of aliphatic hydroxyl groups is 3. The van der Waals surface area contributed by atoms with E-state index < -0.39 is 30.3 Å². The highest BCUT2D eigenvalue weighted by Gasteiger charge is 2.50. The molecule has 3 unspecified atom stereocenters. The summed E-state index contributed by atoms with van der Waals surface area (Å²) in [7, 11) is 0. The van der Waals surface area contributed by atoms with E-state index in [1.807, 2.05) is 74.5 Å².